The molecular weight excluding hydrogens is 270 g/mol. The highest BCUT2D eigenvalue weighted by molar-refractivity contribution is 6.31. The number of nitro benzene ring substituents is 1. The summed E-state index contributed by atoms with van der Waals surface area (Å²) < 4.78 is 0. The molecule has 1 aliphatic heterocycles. The molecule has 7 heteroatoms. The maximum Gasteiger partial charge on any atom is 0.271 e. The van der Waals surface area contributed by atoms with Crippen molar-refractivity contribution in [2.75, 3.05) is 20.1 Å². The molecule has 0 aromatic heterocycles. The van der Waals surface area contributed by atoms with Gasteiger partial charge in [0.05, 0.1) is 4.92 Å². The average molecular weight is 284 g/mol. The molecule has 1 atom stereocenters. The zero-order valence-corrected chi connectivity index (χ0v) is 11.2. The highest BCUT2D eigenvalue weighted by Gasteiger charge is 2.27. The zero-order chi connectivity index (χ0) is 14.0. The summed E-state index contributed by atoms with van der Waals surface area (Å²) in [4.78, 5) is 24.1. The van der Waals surface area contributed by atoms with E-state index in [1.54, 1.807) is 4.90 Å². The molecule has 0 aliphatic carbocycles. The largest absolute Gasteiger partial charge is 0.337 e. The maximum absolute atomic E-state index is 12.3. The molecule has 1 amide bonds. The molecule has 0 bridgehead atoms. The quantitative estimate of drug-likeness (QED) is 0.676. The van der Waals surface area contributed by atoms with Crippen molar-refractivity contribution in [3.8, 4) is 0 Å². The number of nitrogens with one attached hydrogen (secondary N) is 1. The Morgan fingerprint density at radius 3 is 2.84 bits per heavy atom. The second kappa shape index (κ2) is 5.54. The van der Waals surface area contributed by atoms with E-state index in [-0.39, 0.29) is 28.2 Å². The van der Waals surface area contributed by atoms with Gasteiger partial charge >= 0.3 is 0 Å². The Labute approximate surface area is 115 Å². The lowest BCUT2D eigenvalue weighted by atomic mass is 10.2. The van der Waals surface area contributed by atoms with Crippen LogP contribution in [0.5, 0.6) is 0 Å². The van der Waals surface area contributed by atoms with Crippen molar-refractivity contribution in [3.05, 3.63) is 38.9 Å². The summed E-state index contributed by atoms with van der Waals surface area (Å²) in [6.45, 7) is 1.25. The molecule has 102 valence electrons. The predicted molar refractivity (Wildman–Crippen MR) is 71.5 cm³/mol. The van der Waals surface area contributed by atoms with Crippen LogP contribution in [-0.4, -0.2) is 41.9 Å². The van der Waals surface area contributed by atoms with Crippen molar-refractivity contribution in [2.24, 2.45) is 0 Å². The van der Waals surface area contributed by atoms with Gasteiger partial charge < -0.3 is 10.2 Å². The number of carbonyl (C=O) groups excluding carboxylic acids is 1. The van der Waals surface area contributed by atoms with Crippen molar-refractivity contribution in [2.45, 2.75) is 12.5 Å². The number of likely N-dealkylation sites (N-methyl/N-ethyl adjacent to an activating group) is 1. The number of hydrogen-bond donors (Lipinski definition) is 1. The minimum absolute atomic E-state index is 0.166. The fraction of sp³-hybridized carbons (Fsp3) is 0.417. The fourth-order valence-corrected chi connectivity index (χ4v) is 2.40. The third-order valence-electron chi connectivity index (χ3n) is 3.22. The molecule has 0 spiro atoms. The van der Waals surface area contributed by atoms with Crippen LogP contribution in [0.4, 0.5) is 5.69 Å². The summed E-state index contributed by atoms with van der Waals surface area (Å²) in [5.74, 6) is -0.219. The van der Waals surface area contributed by atoms with E-state index >= 15 is 0 Å². The molecule has 0 radical (unpaired) electrons. The van der Waals surface area contributed by atoms with Gasteiger partial charge in [-0.25, -0.2) is 0 Å². The van der Waals surface area contributed by atoms with Gasteiger partial charge in [-0.15, -0.1) is 0 Å². The molecule has 1 aromatic carbocycles. The molecule has 1 aromatic rings. The molecule has 1 unspecified atom stereocenters. The average Bonchev–Trinajstić information content (AvgIpc) is 2.85. The SMILES string of the molecule is CNC1CCN(C(=O)c2cc(Cl)cc([N+](=O)[O-])c2)C1. The minimum Gasteiger partial charge on any atom is -0.337 e. The second-order valence-corrected chi connectivity index (χ2v) is 4.92. The first-order valence-corrected chi connectivity index (χ1v) is 6.30. The van der Waals surface area contributed by atoms with Gasteiger partial charge in [-0.2, -0.15) is 0 Å². The molecule has 1 heterocycles. The van der Waals surface area contributed by atoms with Crippen LogP contribution in [0.1, 0.15) is 16.8 Å². The van der Waals surface area contributed by atoms with Crippen molar-refractivity contribution in [3.63, 3.8) is 0 Å². The summed E-state index contributed by atoms with van der Waals surface area (Å²) in [6, 6.07) is 4.24. The van der Waals surface area contributed by atoms with Gasteiger partial charge in [-0.3, -0.25) is 14.9 Å². The van der Waals surface area contributed by atoms with Crippen molar-refractivity contribution < 1.29 is 9.72 Å². The van der Waals surface area contributed by atoms with Crippen LogP contribution in [-0.2, 0) is 0 Å². The monoisotopic (exact) mass is 283 g/mol. The number of carbonyl (C=O) groups is 1. The maximum atomic E-state index is 12.3. The number of amides is 1. The Morgan fingerprint density at radius 2 is 2.26 bits per heavy atom. The lowest BCUT2D eigenvalue weighted by Crippen LogP contribution is -2.33. The van der Waals surface area contributed by atoms with Crippen LogP contribution in [0.3, 0.4) is 0 Å². The molecule has 1 aliphatic rings. The van der Waals surface area contributed by atoms with Gasteiger partial charge in [0.2, 0.25) is 0 Å². The van der Waals surface area contributed by atoms with Crippen molar-refractivity contribution in [1.82, 2.24) is 10.2 Å². The Hall–Kier alpha value is -1.66. The lowest BCUT2D eigenvalue weighted by Gasteiger charge is -2.16. The number of likely N-dealkylation sites (tertiary alicyclic amines) is 1. The van der Waals surface area contributed by atoms with Crippen molar-refractivity contribution >= 4 is 23.2 Å². The van der Waals surface area contributed by atoms with Crippen molar-refractivity contribution in [1.29, 1.82) is 0 Å². The van der Waals surface area contributed by atoms with Gasteiger partial charge in [0.15, 0.2) is 0 Å². The van der Waals surface area contributed by atoms with E-state index in [1.807, 2.05) is 7.05 Å². The number of halogens is 1. The molecule has 6 nitrogen and oxygen atoms in total. The predicted octanol–water partition coefficient (Wildman–Crippen LogP) is 1.68. The smallest absolute Gasteiger partial charge is 0.271 e. The Bertz CT molecular complexity index is 521. The number of hydrogen-bond acceptors (Lipinski definition) is 4. The van der Waals surface area contributed by atoms with E-state index in [0.717, 1.165) is 6.42 Å². The highest BCUT2D eigenvalue weighted by atomic mass is 35.5. The number of nitrogens with zero attached hydrogens (tertiary/aromatic N) is 2. The first-order chi connectivity index (χ1) is 9.01. The van der Waals surface area contributed by atoms with Gasteiger partial charge in [-0.05, 0) is 19.5 Å². The number of benzene rings is 1. The summed E-state index contributed by atoms with van der Waals surface area (Å²) in [7, 11) is 1.85. The molecule has 0 saturated carbocycles. The lowest BCUT2D eigenvalue weighted by molar-refractivity contribution is -0.384. The molecule has 1 fully saturated rings. The third-order valence-corrected chi connectivity index (χ3v) is 3.44. The first-order valence-electron chi connectivity index (χ1n) is 5.93. The summed E-state index contributed by atoms with van der Waals surface area (Å²) in [6.07, 6.45) is 0.880. The minimum atomic E-state index is -0.553. The van der Waals surface area contributed by atoms with E-state index in [4.69, 9.17) is 11.6 Å². The molecule has 1 N–H and O–H groups in total. The first kappa shape index (κ1) is 13.8. The van der Waals surface area contributed by atoms with E-state index in [0.29, 0.717) is 13.1 Å². The van der Waals surface area contributed by atoms with Gasteiger partial charge in [0.1, 0.15) is 0 Å². The number of rotatable bonds is 3. The topological polar surface area (TPSA) is 75.5 Å². The van der Waals surface area contributed by atoms with Crippen LogP contribution >= 0.6 is 11.6 Å². The van der Waals surface area contributed by atoms with E-state index < -0.39 is 4.92 Å². The third kappa shape index (κ3) is 3.02. The standard InChI is InChI=1S/C12H14ClN3O3/c1-14-10-2-3-15(7-10)12(17)8-4-9(13)6-11(5-8)16(18)19/h4-6,10,14H,2-3,7H2,1H3. The molecule has 19 heavy (non-hydrogen) atoms. The summed E-state index contributed by atoms with van der Waals surface area (Å²) in [5.41, 5.74) is 0.0937. The van der Waals surface area contributed by atoms with Gasteiger partial charge in [-0.1, -0.05) is 11.6 Å². The molecular formula is C12H14ClN3O3. The number of nitro groups is 1. The van der Waals surface area contributed by atoms with Gasteiger partial charge in [0.25, 0.3) is 11.6 Å². The Kier molecular flexibility index (Phi) is 4.01. The number of non-ortho nitro benzene ring substituents is 1. The van der Waals surface area contributed by atoms with Crippen LogP contribution in [0.15, 0.2) is 18.2 Å². The van der Waals surface area contributed by atoms with E-state index in [2.05, 4.69) is 5.32 Å². The van der Waals surface area contributed by atoms with Crippen LogP contribution < -0.4 is 5.32 Å². The van der Waals surface area contributed by atoms with Crippen LogP contribution in [0.2, 0.25) is 5.02 Å². The summed E-state index contributed by atoms with van der Waals surface area (Å²) in [5, 5.41) is 14.1. The Morgan fingerprint density at radius 1 is 1.53 bits per heavy atom. The summed E-state index contributed by atoms with van der Waals surface area (Å²) >= 11 is 5.81. The molecule has 1 saturated heterocycles. The Balaban J connectivity index is 2.22. The molecule has 2 rings (SSSR count). The highest BCUT2D eigenvalue weighted by Crippen LogP contribution is 2.23. The second-order valence-electron chi connectivity index (χ2n) is 4.48. The normalized spacial score (nSPS) is 18.6. The fourth-order valence-electron chi connectivity index (χ4n) is 2.17. The van der Waals surface area contributed by atoms with Crippen LogP contribution in [0, 0.1) is 10.1 Å². The van der Waals surface area contributed by atoms with E-state index in [1.165, 1.54) is 18.2 Å². The zero-order valence-electron chi connectivity index (χ0n) is 10.4. The van der Waals surface area contributed by atoms with Crippen LogP contribution in [0.25, 0.3) is 0 Å². The van der Waals surface area contributed by atoms with Gasteiger partial charge in [0, 0.05) is 41.9 Å². The van der Waals surface area contributed by atoms with E-state index in [9.17, 15) is 14.9 Å².